The van der Waals surface area contributed by atoms with Crippen LogP contribution in [0.1, 0.15) is 38.5 Å². The maximum atomic E-state index is 12.7. The van der Waals surface area contributed by atoms with Crippen molar-refractivity contribution in [1.82, 2.24) is 15.5 Å². The van der Waals surface area contributed by atoms with Crippen LogP contribution >= 0.6 is 0 Å². The highest BCUT2D eigenvalue weighted by Gasteiger charge is 2.29. The van der Waals surface area contributed by atoms with Crippen LogP contribution in [0.15, 0.2) is 25.3 Å². The van der Waals surface area contributed by atoms with Gasteiger partial charge in [0.25, 0.3) is 0 Å². The minimum atomic E-state index is -0.0453. The van der Waals surface area contributed by atoms with Gasteiger partial charge in [-0.2, -0.15) is 0 Å². The molecule has 2 amide bonds. The zero-order valence-corrected chi connectivity index (χ0v) is 14.6. The van der Waals surface area contributed by atoms with E-state index in [-0.39, 0.29) is 23.8 Å². The molecule has 2 aliphatic heterocycles. The second-order valence-corrected chi connectivity index (χ2v) is 6.93. The zero-order valence-electron chi connectivity index (χ0n) is 14.6. The van der Waals surface area contributed by atoms with Gasteiger partial charge in [-0.1, -0.05) is 12.2 Å². The Balaban J connectivity index is 1.81. The van der Waals surface area contributed by atoms with Gasteiger partial charge in [-0.25, -0.2) is 0 Å². The average Bonchev–Trinajstić information content (AvgIpc) is 3.14. The molecular formula is C19H31N3O2. The Morgan fingerprint density at radius 3 is 2.58 bits per heavy atom. The number of carbonyl (C=O) groups is 2. The first-order valence-electron chi connectivity index (χ1n) is 9.17. The highest BCUT2D eigenvalue weighted by molar-refractivity contribution is 5.82. The van der Waals surface area contributed by atoms with E-state index in [1.165, 1.54) is 0 Å². The molecule has 2 rings (SSSR count). The number of amides is 2. The first kappa shape index (κ1) is 18.7. The average molecular weight is 333 g/mol. The van der Waals surface area contributed by atoms with Crippen LogP contribution in [0, 0.1) is 11.8 Å². The first-order chi connectivity index (χ1) is 11.7. The van der Waals surface area contributed by atoms with Crippen LogP contribution in [0.2, 0.25) is 0 Å². The van der Waals surface area contributed by atoms with Crippen LogP contribution in [0.4, 0.5) is 0 Å². The third kappa shape index (κ3) is 5.20. The summed E-state index contributed by atoms with van der Waals surface area (Å²) in [5, 5.41) is 6.28. The summed E-state index contributed by atoms with van der Waals surface area (Å²) < 4.78 is 0. The lowest BCUT2D eigenvalue weighted by Crippen LogP contribution is -2.47. The van der Waals surface area contributed by atoms with Crippen molar-refractivity contribution in [3.63, 3.8) is 0 Å². The molecule has 2 N–H and O–H groups in total. The summed E-state index contributed by atoms with van der Waals surface area (Å²) in [7, 11) is 0. The number of rotatable bonds is 8. The van der Waals surface area contributed by atoms with E-state index in [1.807, 2.05) is 17.1 Å². The lowest BCUT2D eigenvalue weighted by molar-refractivity contribution is -0.137. The van der Waals surface area contributed by atoms with Gasteiger partial charge in [-0.3, -0.25) is 9.59 Å². The van der Waals surface area contributed by atoms with Gasteiger partial charge in [0.05, 0.1) is 6.04 Å². The smallest absolute Gasteiger partial charge is 0.237 e. The van der Waals surface area contributed by atoms with Gasteiger partial charge < -0.3 is 15.5 Å². The number of allylic oxidation sites excluding steroid dienone is 2. The van der Waals surface area contributed by atoms with Crippen LogP contribution in [-0.2, 0) is 9.59 Å². The van der Waals surface area contributed by atoms with Gasteiger partial charge >= 0.3 is 0 Å². The Kier molecular flexibility index (Phi) is 7.50. The fraction of sp³-hybridized carbons (Fsp3) is 0.684. The Hall–Kier alpha value is -1.62. The fourth-order valence-corrected chi connectivity index (χ4v) is 3.67. The largest absolute Gasteiger partial charge is 0.354 e. The molecule has 5 nitrogen and oxygen atoms in total. The minimum absolute atomic E-state index is 0.0316. The summed E-state index contributed by atoms with van der Waals surface area (Å²) in [5.41, 5.74) is 0. The zero-order chi connectivity index (χ0) is 17.4. The van der Waals surface area contributed by atoms with Crippen LogP contribution in [0.25, 0.3) is 0 Å². The van der Waals surface area contributed by atoms with E-state index in [2.05, 4.69) is 23.8 Å². The molecule has 2 atom stereocenters. The molecule has 2 fully saturated rings. The van der Waals surface area contributed by atoms with Crippen molar-refractivity contribution in [1.29, 1.82) is 0 Å². The second-order valence-electron chi connectivity index (χ2n) is 6.93. The van der Waals surface area contributed by atoms with Crippen LogP contribution in [0.3, 0.4) is 0 Å². The van der Waals surface area contributed by atoms with E-state index in [1.54, 1.807) is 0 Å². The van der Waals surface area contributed by atoms with Gasteiger partial charge in [-0.05, 0) is 51.0 Å². The van der Waals surface area contributed by atoms with Gasteiger partial charge in [0.15, 0.2) is 0 Å². The maximum absolute atomic E-state index is 12.7. The van der Waals surface area contributed by atoms with Crippen molar-refractivity contribution in [2.45, 2.75) is 44.6 Å². The molecule has 0 bridgehead atoms. The van der Waals surface area contributed by atoms with Crippen molar-refractivity contribution in [3.05, 3.63) is 25.3 Å². The lowest BCUT2D eigenvalue weighted by Gasteiger charge is -2.35. The van der Waals surface area contributed by atoms with E-state index in [9.17, 15) is 9.59 Å². The number of hydrogen-bond acceptors (Lipinski definition) is 3. The molecule has 0 aromatic heterocycles. The van der Waals surface area contributed by atoms with Crippen LogP contribution in [-0.4, -0.2) is 48.9 Å². The number of nitrogens with one attached hydrogen (secondary N) is 2. The molecule has 2 saturated heterocycles. The van der Waals surface area contributed by atoms with Crippen LogP contribution in [0.5, 0.6) is 0 Å². The molecule has 0 saturated carbocycles. The minimum Gasteiger partial charge on any atom is -0.354 e. The number of nitrogens with zero attached hydrogens (tertiary/aromatic N) is 1. The highest BCUT2D eigenvalue weighted by atomic mass is 16.2. The van der Waals surface area contributed by atoms with Crippen molar-refractivity contribution in [2.75, 3.05) is 26.2 Å². The third-order valence-corrected chi connectivity index (χ3v) is 5.02. The quantitative estimate of drug-likeness (QED) is 0.667. The molecule has 0 aliphatic carbocycles. The predicted molar refractivity (Wildman–Crippen MR) is 96.5 cm³/mol. The maximum Gasteiger partial charge on any atom is 0.237 e. The Morgan fingerprint density at radius 2 is 1.96 bits per heavy atom. The normalized spacial score (nSPS) is 24.0. The molecular weight excluding hydrogens is 302 g/mol. The molecule has 0 aromatic rings. The molecule has 24 heavy (non-hydrogen) atoms. The molecule has 134 valence electrons. The van der Waals surface area contributed by atoms with E-state index < -0.39 is 0 Å². The standard InChI is InChI=1S/C19H31N3O2/c1-3-7-16(8-4-2)19(24)22-12-6-9-15(14-22)13-21-18(23)17-10-5-11-20-17/h3-4,15-17,20H,1-2,5-14H2,(H,21,23). The van der Waals surface area contributed by atoms with Crippen molar-refractivity contribution in [3.8, 4) is 0 Å². The molecule has 0 spiro atoms. The second kappa shape index (κ2) is 9.62. The molecule has 2 aliphatic rings. The number of likely N-dealkylation sites (tertiary alicyclic amines) is 1. The van der Waals surface area contributed by atoms with Crippen molar-refractivity contribution < 1.29 is 9.59 Å². The van der Waals surface area contributed by atoms with Crippen LogP contribution < -0.4 is 10.6 Å². The Labute approximate surface area is 145 Å². The Morgan fingerprint density at radius 1 is 1.21 bits per heavy atom. The van der Waals surface area contributed by atoms with E-state index in [4.69, 9.17) is 0 Å². The molecule has 2 unspecified atom stereocenters. The summed E-state index contributed by atoms with van der Waals surface area (Å²) in [4.78, 5) is 26.8. The first-order valence-corrected chi connectivity index (χ1v) is 9.17. The van der Waals surface area contributed by atoms with Crippen molar-refractivity contribution >= 4 is 11.8 Å². The number of carbonyl (C=O) groups excluding carboxylic acids is 2. The van der Waals surface area contributed by atoms with E-state index >= 15 is 0 Å². The molecule has 5 heteroatoms. The summed E-state index contributed by atoms with van der Waals surface area (Å²) in [6.45, 7) is 10.7. The third-order valence-electron chi connectivity index (χ3n) is 5.02. The van der Waals surface area contributed by atoms with Gasteiger partial charge in [0.1, 0.15) is 0 Å². The SMILES string of the molecule is C=CCC(CC=C)C(=O)N1CCCC(CNC(=O)C2CCCN2)C1. The lowest BCUT2D eigenvalue weighted by atomic mass is 9.94. The fourth-order valence-electron chi connectivity index (χ4n) is 3.67. The summed E-state index contributed by atoms with van der Waals surface area (Å²) in [6, 6.07) is -0.0316. The number of piperidine rings is 1. The summed E-state index contributed by atoms with van der Waals surface area (Å²) in [5.74, 6) is 0.604. The summed E-state index contributed by atoms with van der Waals surface area (Å²) in [6.07, 6.45) is 9.05. The molecule has 0 radical (unpaired) electrons. The predicted octanol–water partition coefficient (Wildman–Crippen LogP) is 1.86. The topological polar surface area (TPSA) is 61.4 Å². The Bertz CT molecular complexity index is 448. The number of hydrogen-bond donors (Lipinski definition) is 2. The summed E-state index contributed by atoms with van der Waals surface area (Å²) >= 11 is 0. The molecule has 2 heterocycles. The highest BCUT2D eigenvalue weighted by Crippen LogP contribution is 2.21. The van der Waals surface area contributed by atoms with Crippen molar-refractivity contribution in [2.24, 2.45) is 11.8 Å². The van der Waals surface area contributed by atoms with Gasteiger partial charge in [0.2, 0.25) is 11.8 Å². The monoisotopic (exact) mass is 333 g/mol. The van der Waals surface area contributed by atoms with Gasteiger partial charge in [-0.15, -0.1) is 13.2 Å². The molecule has 0 aromatic carbocycles. The van der Waals surface area contributed by atoms with E-state index in [0.717, 1.165) is 45.3 Å². The van der Waals surface area contributed by atoms with Gasteiger partial charge in [0, 0.05) is 25.6 Å². The van der Waals surface area contributed by atoms with E-state index in [0.29, 0.717) is 25.3 Å².